The Labute approximate surface area is 135 Å². The number of benzene rings is 1. The number of anilines is 1. The van der Waals surface area contributed by atoms with Crippen LogP contribution in [0.5, 0.6) is 0 Å². The fourth-order valence-electron chi connectivity index (χ4n) is 2.90. The van der Waals surface area contributed by atoms with E-state index < -0.39 is 14.9 Å². The molecule has 23 heavy (non-hydrogen) atoms. The fourth-order valence-corrected chi connectivity index (χ4v) is 3.63. The highest BCUT2D eigenvalue weighted by molar-refractivity contribution is 7.89. The summed E-state index contributed by atoms with van der Waals surface area (Å²) < 4.78 is 28.6. The minimum Gasteiger partial charge on any atom is -0.381 e. The first kappa shape index (κ1) is 17.6. The van der Waals surface area contributed by atoms with E-state index in [4.69, 9.17) is 9.88 Å². The molecule has 1 saturated carbocycles. The lowest BCUT2D eigenvalue weighted by Gasteiger charge is -2.28. The zero-order valence-electron chi connectivity index (χ0n) is 12.9. The van der Waals surface area contributed by atoms with Crippen molar-refractivity contribution in [3.05, 3.63) is 28.3 Å². The van der Waals surface area contributed by atoms with Gasteiger partial charge in [0.25, 0.3) is 5.69 Å². The number of hydrogen-bond acceptors (Lipinski definition) is 6. The number of nitrogens with zero attached hydrogens (tertiary/aromatic N) is 1. The first-order chi connectivity index (χ1) is 10.8. The van der Waals surface area contributed by atoms with E-state index in [2.05, 4.69) is 5.32 Å². The number of rotatable bonds is 6. The molecule has 2 rings (SSSR count). The number of nitrogens with two attached hydrogens (primary N) is 1. The summed E-state index contributed by atoms with van der Waals surface area (Å²) in [6.45, 7) is 0.462. The Bertz CT molecular complexity index is 669. The predicted octanol–water partition coefficient (Wildman–Crippen LogP) is 1.86. The van der Waals surface area contributed by atoms with E-state index in [0.29, 0.717) is 12.5 Å². The van der Waals surface area contributed by atoms with Gasteiger partial charge in [-0.3, -0.25) is 10.1 Å². The summed E-state index contributed by atoms with van der Waals surface area (Å²) in [5.41, 5.74) is -0.323. The molecular weight excluding hydrogens is 322 g/mol. The van der Waals surface area contributed by atoms with Gasteiger partial charge in [-0.2, -0.15) is 0 Å². The van der Waals surface area contributed by atoms with Gasteiger partial charge >= 0.3 is 0 Å². The number of hydrogen-bond donors (Lipinski definition) is 2. The smallest absolute Gasteiger partial charge is 0.293 e. The van der Waals surface area contributed by atoms with E-state index in [-0.39, 0.29) is 22.4 Å². The van der Waals surface area contributed by atoms with Crippen molar-refractivity contribution in [2.24, 2.45) is 11.1 Å². The van der Waals surface area contributed by atoms with Gasteiger partial charge in [0.2, 0.25) is 10.0 Å². The van der Waals surface area contributed by atoms with Crippen molar-refractivity contribution >= 4 is 21.4 Å². The standard InChI is InChI=1S/C14H21N3O5S/c1-22-11-7-5-10(6-8-11)9-16-14-12(17(18)19)3-2-4-13(14)23(15,20)21/h2-4,10-11,16H,5-9H2,1H3,(H2,15,20,21). The Hall–Kier alpha value is -1.71. The molecular formula is C14H21N3O5S. The summed E-state index contributed by atoms with van der Waals surface area (Å²) in [5, 5.41) is 19.2. The lowest BCUT2D eigenvalue weighted by atomic mass is 9.87. The lowest BCUT2D eigenvalue weighted by Crippen LogP contribution is -2.25. The Morgan fingerprint density at radius 1 is 1.35 bits per heavy atom. The Morgan fingerprint density at radius 3 is 2.52 bits per heavy atom. The van der Waals surface area contributed by atoms with Crippen molar-refractivity contribution in [3.8, 4) is 0 Å². The van der Waals surface area contributed by atoms with Crippen molar-refractivity contribution in [3.63, 3.8) is 0 Å². The van der Waals surface area contributed by atoms with E-state index in [1.165, 1.54) is 18.2 Å². The molecule has 1 aliphatic carbocycles. The van der Waals surface area contributed by atoms with Crippen molar-refractivity contribution in [2.75, 3.05) is 19.0 Å². The van der Waals surface area contributed by atoms with Crippen LogP contribution in [0.4, 0.5) is 11.4 Å². The van der Waals surface area contributed by atoms with E-state index in [1.807, 2.05) is 0 Å². The summed E-state index contributed by atoms with van der Waals surface area (Å²) in [7, 11) is -2.35. The maximum absolute atomic E-state index is 11.7. The Morgan fingerprint density at radius 2 is 2.00 bits per heavy atom. The van der Waals surface area contributed by atoms with E-state index in [9.17, 15) is 18.5 Å². The highest BCUT2D eigenvalue weighted by atomic mass is 32.2. The molecule has 0 unspecified atom stereocenters. The van der Waals surface area contributed by atoms with Crippen LogP contribution in [-0.4, -0.2) is 33.1 Å². The molecule has 1 aromatic carbocycles. The van der Waals surface area contributed by atoms with Crippen LogP contribution >= 0.6 is 0 Å². The second-order valence-electron chi connectivity index (χ2n) is 5.71. The molecule has 0 radical (unpaired) electrons. The zero-order chi connectivity index (χ0) is 17.0. The average molecular weight is 343 g/mol. The van der Waals surface area contributed by atoms with E-state index in [0.717, 1.165) is 25.7 Å². The van der Waals surface area contributed by atoms with E-state index >= 15 is 0 Å². The Balaban J connectivity index is 2.17. The van der Waals surface area contributed by atoms with Crippen molar-refractivity contribution < 1.29 is 18.1 Å². The Kier molecular flexibility index (Phi) is 5.55. The van der Waals surface area contributed by atoms with Crippen molar-refractivity contribution in [1.29, 1.82) is 0 Å². The quantitative estimate of drug-likeness (QED) is 0.600. The van der Waals surface area contributed by atoms with Crippen LogP contribution in [0, 0.1) is 16.0 Å². The van der Waals surface area contributed by atoms with Gasteiger partial charge in [-0.25, -0.2) is 13.6 Å². The number of ether oxygens (including phenoxy) is 1. The molecule has 3 N–H and O–H groups in total. The minimum absolute atomic E-state index is 0.0335. The second kappa shape index (κ2) is 7.24. The normalized spacial score (nSPS) is 21.8. The largest absolute Gasteiger partial charge is 0.381 e. The van der Waals surface area contributed by atoms with Gasteiger partial charge in [0.15, 0.2) is 0 Å². The molecule has 1 aliphatic rings. The van der Waals surface area contributed by atoms with Gasteiger partial charge in [-0.15, -0.1) is 0 Å². The van der Waals surface area contributed by atoms with Gasteiger partial charge in [0.05, 0.1) is 11.0 Å². The van der Waals surface area contributed by atoms with Crippen LogP contribution in [0.1, 0.15) is 25.7 Å². The van der Waals surface area contributed by atoms with Gasteiger partial charge in [-0.1, -0.05) is 6.07 Å². The SMILES string of the molecule is COC1CCC(CNc2c([N+](=O)[O-])cccc2S(N)(=O)=O)CC1. The molecule has 0 spiro atoms. The van der Waals surface area contributed by atoms with Crippen LogP contribution in [-0.2, 0) is 14.8 Å². The molecule has 0 bridgehead atoms. The first-order valence-electron chi connectivity index (χ1n) is 7.39. The van der Waals surface area contributed by atoms with Crippen LogP contribution < -0.4 is 10.5 Å². The number of primary sulfonamides is 1. The van der Waals surface area contributed by atoms with Crippen LogP contribution in [0.15, 0.2) is 23.1 Å². The van der Waals surface area contributed by atoms with Crippen LogP contribution in [0.2, 0.25) is 0 Å². The molecule has 1 aromatic rings. The van der Waals surface area contributed by atoms with Crippen molar-refractivity contribution in [1.82, 2.24) is 0 Å². The monoisotopic (exact) mass is 343 g/mol. The number of methoxy groups -OCH3 is 1. The highest BCUT2D eigenvalue weighted by Gasteiger charge is 2.25. The minimum atomic E-state index is -4.04. The molecule has 8 nitrogen and oxygen atoms in total. The lowest BCUT2D eigenvalue weighted by molar-refractivity contribution is -0.384. The van der Waals surface area contributed by atoms with Gasteiger partial charge in [0, 0.05) is 19.7 Å². The maximum Gasteiger partial charge on any atom is 0.293 e. The zero-order valence-corrected chi connectivity index (χ0v) is 13.7. The molecule has 0 atom stereocenters. The molecule has 0 heterocycles. The molecule has 9 heteroatoms. The molecule has 0 amide bonds. The third-order valence-corrected chi connectivity index (χ3v) is 5.16. The van der Waals surface area contributed by atoms with Crippen molar-refractivity contribution in [2.45, 2.75) is 36.7 Å². The first-order valence-corrected chi connectivity index (χ1v) is 8.94. The predicted molar refractivity (Wildman–Crippen MR) is 85.7 cm³/mol. The summed E-state index contributed by atoms with van der Waals surface area (Å²) in [5.74, 6) is 0.314. The molecule has 1 fully saturated rings. The molecule has 0 saturated heterocycles. The summed E-state index contributed by atoms with van der Waals surface area (Å²) in [6.07, 6.45) is 3.98. The summed E-state index contributed by atoms with van der Waals surface area (Å²) in [6, 6.07) is 3.85. The molecule has 0 aliphatic heterocycles. The third kappa shape index (κ3) is 4.40. The number of nitro groups is 1. The highest BCUT2D eigenvalue weighted by Crippen LogP contribution is 2.32. The third-order valence-electron chi connectivity index (χ3n) is 4.20. The van der Waals surface area contributed by atoms with Crippen LogP contribution in [0.3, 0.4) is 0 Å². The van der Waals surface area contributed by atoms with Gasteiger partial charge in [-0.05, 0) is 37.7 Å². The topological polar surface area (TPSA) is 125 Å². The maximum atomic E-state index is 11.7. The number of nitrogens with one attached hydrogen (secondary N) is 1. The number of sulfonamides is 1. The van der Waals surface area contributed by atoms with E-state index in [1.54, 1.807) is 7.11 Å². The molecule has 128 valence electrons. The van der Waals surface area contributed by atoms with Gasteiger partial charge in [0.1, 0.15) is 10.6 Å². The second-order valence-corrected chi connectivity index (χ2v) is 7.24. The van der Waals surface area contributed by atoms with Gasteiger partial charge < -0.3 is 10.1 Å². The number of nitro benzene ring substituents is 1. The average Bonchev–Trinajstić information content (AvgIpc) is 2.52. The summed E-state index contributed by atoms with van der Waals surface area (Å²) in [4.78, 5) is 10.3. The molecule has 0 aromatic heterocycles. The summed E-state index contributed by atoms with van der Waals surface area (Å²) >= 11 is 0. The van der Waals surface area contributed by atoms with Crippen LogP contribution in [0.25, 0.3) is 0 Å². The fraction of sp³-hybridized carbons (Fsp3) is 0.571. The number of para-hydroxylation sites is 1.